The van der Waals surface area contributed by atoms with Gasteiger partial charge < -0.3 is 5.11 Å². The number of carboxylic acid groups (broad SMARTS) is 1. The fourth-order valence-electron chi connectivity index (χ4n) is 1.26. The lowest BCUT2D eigenvalue weighted by Gasteiger charge is -2.21. The van der Waals surface area contributed by atoms with Gasteiger partial charge in [-0.1, -0.05) is 12.1 Å². The van der Waals surface area contributed by atoms with E-state index in [1.165, 1.54) is 0 Å². The van der Waals surface area contributed by atoms with E-state index in [0.717, 1.165) is 0 Å². The summed E-state index contributed by atoms with van der Waals surface area (Å²) in [6.07, 6.45) is 0. The van der Waals surface area contributed by atoms with Gasteiger partial charge in [0.15, 0.2) is 0 Å². The summed E-state index contributed by atoms with van der Waals surface area (Å²) in [4.78, 5) is 12.3. The van der Waals surface area contributed by atoms with E-state index in [2.05, 4.69) is 15.9 Å². The molecule has 0 amide bonds. The van der Waals surface area contributed by atoms with Crippen LogP contribution in [0, 0.1) is 5.82 Å². The predicted octanol–water partition coefficient (Wildman–Crippen LogP) is 2.49. The maximum atomic E-state index is 13.6. The smallest absolute Gasteiger partial charge is 0.320 e. The van der Waals surface area contributed by atoms with Crippen molar-refractivity contribution < 1.29 is 14.3 Å². The molecule has 1 aromatic carbocycles. The molecule has 0 radical (unpaired) electrons. The Morgan fingerprint density at radius 3 is 2.81 bits per heavy atom. The van der Waals surface area contributed by atoms with Crippen LogP contribution in [0.25, 0.3) is 0 Å². The number of likely N-dealkylation sites (N-methyl/N-ethyl adjacent to an activating group) is 1. The first-order valence-electron chi connectivity index (χ1n) is 4.79. The molecule has 1 N–H and O–H groups in total. The van der Waals surface area contributed by atoms with Gasteiger partial charge in [-0.05, 0) is 36.0 Å². The molecule has 1 rings (SSSR count). The molecule has 3 nitrogen and oxygen atoms in total. The standard InChI is InChI=1S/C11H13BrFNO2/c1-7(11(15)16)14(2)6-8-4-3-5-9(12)10(8)13/h3-5,7H,6H2,1-2H3,(H,15,16). The van der Waals surface area contributed by atoms with Gasteiger partial charge in [-0.2, -0.15) is 0 Å². The highest BCUT2D eigenvalue weighted by Crippen LogP contribution is 2.20. The van der Waals surface area contributed by atoms with Crippen molar-refractivity contribution in [1.82, 2.24) is 4.90 Å². The van der Waals surface area contributed by atoms with E-state index >= 15 is 0 Å². The van der Waals surface area contributed by atoms with Crippen LogP contribution in [0.3, 0.4) is 0 Å². The molecule has 5 heteroatoms. The number of carbonyl (C=O) groups is 1. The quantitative estimate of drug-likeness (QED) is 0.926. The van der Waals surface area contributed by atoms with Crippen molar-refractivity contribution >= 4 is 21.9 Å². The highest BCUT2D eigenvalue weighted by molar-refractivity contribution is 9.10. The highest BCUT2D eigenvalue weighted by Gasteiger charge is 2.18. The van der Waals surface area contributed by atoms with E-state index in [-0.39, 0.29) is 12.4 Å². The molecular formula is C11H13BrFNO2. The summed E-state index contributed by atoms with van der Waals surface area (Å²) >= 11 is 3.09. The van der Waals surface area contributed by atoms with Crippen LogP contribution in [0.5, 0.6) is 0 Å². The third-order valence-electron chi connectivity index (χ3n) is 2.47. The van der Waals surface area contributed by atoms with Gasteiger partial charge in [-0.25, -0.2) is 4.39 Å². The summed E-state index contributed by atoms with van der Waals surface area (Å²) in [5.41, 5.74) is 0.477. The molecule has 1 atom stereocenters. The van der Waals surface area contributed by atoms with Crippen LogP contribution in [0.2, 0.25) is 0 Å². The van der Waals surface area contributed by atoms with E-state index < -0.39 is 12.0 Å². The van der Waals surface area contributed by atoms with Crippen molar-refractivity contribution in [2.45, 2.75) is 19.5 Å². The first-order valence-corrected chi connectivity index (χ1v) is 5.58. The molecule has 0 aliphatic carbocycles. The molecule has 1 aromatic rings. The van der Waals surface area contributed by atoms with Gasteiger partial charge in [0.1, 0.15) is 11.9 Å². The van der Waals surface area contributed by atoms with E-state index in [1.807, 2.05) is 0 Å². The summed E-state index contributed by atoms with van der Waals surface area (Å²) in [6.45, 7) is 1.83. The molecule has 16 heavy (non-hydrogen) atoms. The number of halogens is 2. The molecule has 0 heterocycles. The van der Waals surface area contributed by atoms with Gasteiger partial charge in [0, 0.05) is 12.1 Å². The molecule has 0 spiro atoms. The highest BCUT2D eigenvalue weighted by atomic mass is 79.9. The van der Waals surface area contributed by atoms with Crippen molar-refractivity contribution in [2.75, 3.05) is 7.05 Å². The van der Waals surface area contributed by atoms with Gasteiger partial charge in [0.05, 0.1) is 4.47 Å². The molecule has 0 bridgehead atoms. The van der Waals surface area contributed by atoms with Crippen molar-refractivity contribution in [3.63, 3.8) is 0 Å². The maximum absolute atomic E-state index is 13.6. The zero-order valence-electron chi connectivity index (χ0n) is 9.08. The first-order chi connectivity index (χ1) is 7.43. The third kappa shape index (κ3) is 3.02. The van der Waals surface area contributed by atoms with Gasteiger partial charge in [-0.15, -0.1) is 0 Å². The second kappa shape index (κ2) is 5.41. The maximum Gasteiger partial charge on any atom is 0.320 e. The van der Waals surface area contributed by atoms with E-state index in [4.69, 9.17) is 5.11 Å². The second-order valence-corrected chi connectivity index (χ2v) is 4.50. The van der Waals surface area contributed by atoms with E-state index in [0.29, 0.717) is 10.0 Å². The fraction of sp³-hybridized carbons (Fsp3) is 0.364. The lowest BCUT2D eigenvalue weighted by atomic mass is 10.2. The summed E-state index contributed by atoms with van der Waals surface area (Å²) < 4.78 is 14.0. The molecular weight excluding hydrogens is 277 g/mol. The Bertz CT molecular complexity index is 398. The summed E-state index contributed by atoms with van der Waals surface area (Å²) in [5, 5.41) is 8.81. The average Bonchev–Trinajstić information content (AvgIpc) is 2.23. The van der Waals surface area contributed by atoms with Crippen molar-refractivity contribution in [1.29, 1.82) is 0 Å². The third-order valence-corrected chi connectivity index (χ3v) is 3.08. The van der Waals surface area contributed by atoms with Crippen molar-refractivity contribution in [2.24, 2.45) is 0 Å². The monoisotopic (exact) mass is 289 g/mol. The summed E-state index contributed by atoms with van der Waals surface area (Å²) in [7, 11) is 1.65. The number of nitrogens with zero attached hydrogens (tertiary/aromatic N) is 1. The van der Waals surface area contributed by atoms with Crippen LogP contribution in [0.15, 0.2) is 22.7 Å². The zero-order chi connectivity index (χ0) is 12.3. The lowest BCUT2D eigenvalue weighted by molar-refractivity contribution is -0.142. The van der Waals surface area contributed by atoms with Crippen LogP contribution in [0.1, 0.15) is 12.5 Å². The van der Waals surface area contributed by atoms with Gasteiger partial charge in [0.25, 0.3) is 0 Å². The Labute approximate surface area is 102 Å². The predicted molar refractivity (Wildman–Crippen MR) is 62.7 cm³/mol. The van der Waals surface area contributed by atoms with Gasteiger partial charge in [0.2, 0.25) is 0 Å². The topological polar surface area (TPSA) is 40.5 Å². The fourth-order valence-corrected chi connectivity index (χ4v) is 1.67. The molecule has 0 aromatic heterocycles. The summed E-state index contributed by atoms with van der Waals surface area (Å²) in [6, 6.07) is 4.34. The first kappa shape index (κ1) is 13.1. The second-order valence-electron chi connectivity index (χ2n) is 3.64. The Morgan fingerprint density at radius 2 is 2.25 bits per heavy atom. The minimum Gasteiger partial charge on any atom is -0.480 e. The molecule has 0 aliphatic rings. The SMILES string of the molecule is CC(C(=O)O)N(C)Cc1cccc(Br)c1F. The Hall–Kier alpha value is -0.940. The zero-order valence-corrected chi connectivity index (χ0v) is 10.7. The minimum atomic E-state index is -0.919. The number of carboxylic acids is 1. The van der Waals surface area contributed by atoms with Crippen LogP contribution >= 0.6 is 15.9 Å². The number of rotatable bonds is 4. The molecule has 88 valence electrons. The largest absolute Gasteiger partial charge is 0.480 e. The minimum absolute atomic E-state index is 0.263. The normalized spacial score (nSPS) is 12.8. The van der Waals surface area contributed by atoms with Crippen molar-refractivity contribution in [3.8, 4) is 0 Å². The number of aliphatic carboxylic acids is 1. The average molecular weight is 290 g/mol. The Kier molecular flexibility index (Phi) is 4.44. The molecule has 0 fully saturated rings. The Morgan fingerprint density at radius 1 is 1.62 bits per heavy atom. The van der Waals surface area contributed by atoms with Gasteiger partial charge in [-0.3, -0.25) is 9.69 Å². The lowest BCUT2D eigenvalue weighted by Crippen LogP contribution is -2.35. The molecule has 0 saturated carbocycles. The summed E-state index contributed by atoms with van der Waals surface area (Å²) in [5.74, 6) is -1.26. The van der Waals surface area contributed by atoms with Crippen LogP contribution < -0.4 is 0 Å². The number of hydrogen-bond acceptors (Lipinski definition) is 2. The van der Waals surface area contributed by atoms with Gasteiger partial charge >= 0.3 is 5.97 Å². The number of benzene rings is 1. The molecule has 0 saturated heterocycles. The van der Waals surface area contributed by atoms with E-state index in [9.17, 15) is 9.18 Å². The van der Waals surface area contributed by atoms with Crippen molar-refractivity contribution in [3.05, 3.63) is 34.1 Å². The number of hydrogen-bond donors (Lipinski definition) is 1. The molecule has 0 aliphatic heterocycles. The van der Waals surface area contributed by atoms with Crippen LogP contribution in [-0.2, 0) is 11.3 Å². The van der Waals surface area contributed by atoms with Crippen LogP contribution in [0.4, 0.5) is 4.39 Å². The molecule has 1 unspecified atom stereocenters. The van der Waals surface area contributed by atoms with E-state index in [1.54, 1.807) is 37.1 Å². The Balaban J connectivity index is 2.81. The van der Waals surface area contributed by atoms with Crippen LogP contribution in [-0.4, -0.2) is 29.1 Å².